The maximum atomic E-state index is 9.76. The van der Waals surface area contributed by atoms with Crippen molar-refractivity contribution in [3.63, 3.8) is 0 Å². The van der Waals surface area contributed by atoms with Gasteiger partial charge in [-0.25, -0.2) is 0 Å². The summed E-state index contributed by atoms with van der Waals surface area (Å²) >= 11 is 5.97. The SMILES string of the molecule is Cc1cc(Oc2cc(C#N)ccc2[C@H](C)O)ccc1Cl. The maximum Gasteiger partial charge on any atom is 0.134 e. The van der Waals surface area contributed by atoms with Gasteiger partial charge in [0.1, 0.15) is 11.5 Å². The highest BCUT2D eigenvalue weighted by Crippen LogP contribution is 2.32. The van der Waals surface area contributed by atoms with E-state index in [0.717, 1.165) is 5.56 Å². The Balaban J connectivity index is 2.40. The van der Waals surface area contributed by atoms with Gasteiger partial charge in [0.15, 0.2) is 0 Å². The molecule has 0 fully saturated rings. The number of nitriles is 1. The summed E-state index contributed by atoms with van der Waals surface area (Å²) in [6, 6.07) is 12.3. The highest BCUT2D eigenvalue weighted by atomic mass is 35.5. The molecule has 20 heavy (non-hydrogen) atoms. The highest BCUT2D eigenvalue weighted by Gasteiger charge is 2.11. The van der Waals surface area contributed by atoms with Crippen molar-refractivity contribution in [1.29, 1.82) is 5.26 Å². The van der Waals surface area contributed by atoms with Crippen molar-refractivity contribution in [2.24, 2.45) is 0 Å². The van der Waals surface area contributed by atoms with Crippen LogP contribution in [-0.2, 0) is 0 Å². The van der Waals surface area contributed by atoms with E-state index in [1.165, 1.54) is 0 Å². The van der Waals surface area contributed by atoms with E-state index in [1.807, 2.05) is 13.0 Å². The molecule has 1 atom stereocenters. The molecule has 0 aliphatic rings. The van der Waals surface area contributed by atoms with Gasteiger partial charge < -0.3 is 9.84 Å². The predicted molar refractivity (Wildman–Crippen MR) is 78.1 cm³/mol. The quantitative estimate of drug-likeness (QED) is 0.912. The number of aliphatic hydroxyl groups excluding tert-OH is 1. The average Bonchev–Trinajstić information content (AvgIpc) is 2.42. The van der Waals surface area contributed by atoms with Crippen molar-refractivity contribution in [2.75, 3.05) is 0 Å². The number of hydrogen-bond acceptors (Lipinski definition) is 3. The van der Waals surface area contributed by atoms with Gasteiger partial charge in [0.2, 0.25) is 0 Å². The zero-order valence-corrected chi connectivity index (χ0v) is 12.0. The summed E-state index contributed by atoms with van der Waals surface area (Å²) in [6.07, 6.45) is -0.675. The van der Waals surface area contributed by atoms with Gasteiger partial charge in [0, 0.05) is 10.6 Å². The third-order valence-electron chi connectivity index (χ3n) is 2.95. The monoisotopic (exact) mass is 287 g/mol. The van der Waals surface area contributed by atoms with Crippen molar-refractivity contribution in [3.8, 4) is 17.6 Å². The number of hydrogen-bond donors (Lipinski definition) is 1. The van der Waals surface area contributed by atoms with Gasteiger partial charge in [-0.05, 0) is 49.7 Å². The van der Waals surface area contributed by atoms with E-state index in [1.54, 1.807) is 37.3 Å². The second-order valence-corrected chi connectivity index (χ2v) is 4.96. The minimum absolute atomic E-state index is 0.473. The number of ether oxygens (including phenoxy) is 1. The Bertz CT molecular complexity index is 675. The molecule has 0 unspecified atom stereocenters. The first-order chi connectivity index (χ1) is 9.51. The van der Waals surface area contributed by atoms with Gasteiger partial charge in [-0.2, -0.15) is 5.26 Å². The number of nitrogens with zero attached hydrogens (tertiary/aromatic N) is 1. The Kier molecular flexibility index (Phi) is 4.29. The minimum atomic E-state index is -0.675. The largest absolute Gasteiger partial charge is 0.457 e. The van der Waals surface area contributed by atoms with E-state index in [9.17, 15) is 5.11 Å². The van der Waals surface area contributed by atoms with Crippen LogP contribution in [0.4, 0.5) is 0 Å². The fraction of sp³-hybridized carbons (Fsp3) is 0.188. The molecular formula is C16H14ClNO2. The van der Waals surface area contributed by atoms with Crippen LogP contribution in [-0.4, -0.2) is 5.11 Å². The Labute approximate surface area is 123 Å². The van der Waals surface area contributed by atoms with E-state index < -0.39 is 6.10 Å². The number of aryl methyl sites for hydroxylation is 1. The van der Waals surface area contributed by atoms with E-state index in [-0.39, 0.29) is 0 Å². The van der Waals surface area contributed by atoms with Crippen molar-refractivity contribution >= 4 is 11.6 Å². The molecule has 0 saturated heterocycles. The van der Waals surface area contributed by atoms with Gasteiger partial charge in [0.05, 0.1) is 17.7 Å². The van der Waals surface area contributed by atoms with Crippen LogP contribution in [0, 0.1) is 18.3 Å². The minimum Gasteiger partial charge on any atom is -0.457 e. The summed E-state index contributed by atoms with van der Waals surface area (Å²) in [7, 11) is 0. The third kappa shape index (κ3) is 3.11. The van der Waals surface area contributed by atoms with Crippen LogP contribution < -0.4 is 4.74 Å². The van der Waals surface area contributed by atoms with E-state index in [4.69, 9.17) is 21.6 Å². The fourth-order valence-electron chi connectivity index (χ4n) is 1.85. The molecule has 0 bridgehead atoms. The number of benzene rings is 2. The molecule has 4 heteroatoms. The standard InChI is InChI=1S/C16H14ClNO2/c1-10-7-13(4-6-15(10)17)20-16-8-12(9-18)3-5-14(16)11(2)19/h3-8,11,19H,1-2H3/t11-/m0/s1. The van der Waals surface area contributed by atoms with Crippen molar-refractivity contribution in [1.82, 2.24) is 0 Å². The Morgan fingerprint density at radius 3 is 2.60 bits per heavy atom. The van der Waals surface area contributed by atoms with Crippen LogP contribution in [0.1, 0.15) is 29.7 Å². The van der Waals surface area contributed by atoms with Gasteiger partial charge in [-0.15, -0.1) is 0 Å². The molecule has 2 aromatic rings. The fourth-order valence-corrected chi connectivity index (χ4v) is 1.96. The zero-order chi connectivity index (χ0) is 14.7. The number of aliphatic hydroxyl groups is 1. The zero-order valence-electron chi connectivity index (χ0n) is 11.2. The highest BCUT2D eigenvalue weighted by molar-refractivity contribution is 6.31. The average molecular weight is 288 g/mol. The molecule has 1 N–H and O–H groups in total. The molecule has 0 amide bonds. The number of halogens is 1. The van der Waals surface area contributed by atoms with Gasteiger partial charge in [0.25, 0.3) is 0 Å². The van der Waals surface area contributed by atoms with E-state index in [0.29, 0.717) is 27.6 Å². The lowest BCUT2D eigenvalue weighted by Crippen LogP contribution is -1.97. The molecule has 0 aromatic heterocycles. The lowest BCUT2D eigenvalue weighted by atomic mass is 10.1. The van der Waals surface area contributed by atoms with Crippen LogP contribution in [0.15, 0.2) is 36.4 Å². The summed E-state index contributed by atoms with van der Waals surface area (Å²) in [6.45, 7) is 3.54. The van der Waals surface area contributed by atoms with Gasteiger partial charge >= 0.3 is 0 Å². The van der Waals surface area contributed by atoms with Crippen LogP contribution in [0.2, 0.25) is 5.02 Å². The predicted octanol–water partition coefficient (Wildman–Crippen LogP) is 4.37. The van der Waals surface area contributed by atoms with E-state index >= 15 is 0 Å². The van der Waals surface area contributed by atoms with E-state index in [2.05, 4.69) is 6.07 Å². The summed E-state index contributed by atoms with van der Waals surface area (Å²) in [5.41, 5.74) is 2.02. The van der Waals surface area contributed by atoms with Crippen LogP contribution in [0.5, 0.6) is 11.5 Å². The van der Waals surface area contributed by atoms with Crippen molar-refractivity contribution in [3.05, 3.63) is 58.1 Å². The molecule has 2 aromatic carbocycles. The molecule has 2 rings (SSSR count). The molecular weight excluding hydrogens is 274 g/mol. The van der Waals surface area contributed by atoms with Crippen molar-refractivity contribution < 1.29 is 9.84 Å². The Morgan fingerprint density at radius 1 is 1.25 bits per heavy atom. The van der Waals surface area contributed by atoms with Crippen LogP contribution in [0.3, 0.4) is 0 Å². The first kappa shape index (κ1) is 14.4. The summed E-state index contributed by atoms with van der Waals surface area (Å²) in [5.74, 6) is 1.09. The molecule has 0 aliphatic carbocycles. The second-order valence-electron chi connectivity index (χ2n) is 4.55. The van der Waals surface area contributed by atoms with Gasteiger partial charge in [-0.3, -0.25) is 0 Å². The third-order valence-corrected chi connectivity index (χ3v) is 3.37. The molecule has 0 radical (unpaired) electrons. The molecule has 0 aliphatic heterocycles. The van der Waals surface area contributed by atoms with Crippen LogP contribution >= 0.6 is 11.6 Å². The number of rotatable bonds is 3. The molecule has 102 valence electrons. The normalized spacial score (nSPS) is 11.8. The summed E-state index contributed by atoms with van der Waals surface area (Å²) < 4.78 is 5.78. The Morgan fingerprint density at radius 2 is 2.00 bits per heavy atom. The first-order valence-electron chi connectivity index (χ1n) is 6.17. The van der Waals surface area contributed by atoms with Crippen molar-refractivity contribution in [2.45, 2.75) is 20.0 Å². The molecule has 3 nitrogen and oxygen atoms in total. The van der Waals surface area contributed by atoms with Crippen LogP contribution in [0.25, 0.3) is 0 Å². The summed E-state index contributed by atoms with van der Waals surface area (Å²) in [5, 5.41) is 19.4. The smallest absolute Gasteiger partial charge is 0.134 e. The first-order valence-corrected chi connectivity index (χ1v) is 6.55. The lowest BCUT2D eigenvalue weighted by Gasteiger charge is -2.14. The molecule has 0 saturated carbocycles. The second kappa shape index (κ2) is 5.96. The maximum absolute atomic E-state index is 9.76. The molecule has 0 heterocycles. The summed E-state index contributed by atoms with van der Waals surface area (Å²) in [4.78, 5) is 0. The topological polar surface area (TPSA) is 53.2 Å². The lowest BCUT2D eigenvalue weighted by molar-refractivity contribution is 0.195. The molecule has 0 spiro atoms. The van der Waals surface area contributed by atoms with Gasteiger partial charge in [-0.1, -0.05) is 17.7 Å². The Hall–Kier alpha value is -2.02.